The second-order valence-corrected chi connectivity index (χ2v) is 9.87. The number of esters is 1. The van der Waals surface area contributed by atoms with Crippen LogP contribution in [0.4, 0.5) is 5.69 Å². The van der Waals surface area contributed by atoms with E-state index in [0.29, 0.717) is 17.1 Å². The van der Waals surface area contributed by atoms with Gasteiger partial charge in [0.1, 0.15) is 10.9 Å². The summed E-state index contributed by atoms with van der Waals surface area (Å²) in [4.78, 5) is 40.6. The maximum Gasteiger partial charge on any atom is 0.338 e. The van der Waals surface area contributed by atoms with E-state index in [-0.39, 0.29) is 10.3 Å². The summed E-state index contributed by atoms with van der Waals surface area (Å²) in [6.07, 6.45) is 3.73. The fourth-order valence-electron chi connectivity index (χ4n) is 3.29. The molecule has 1 aromatic rings. The van der Waals surface area contributed by atoms with Gasteiger partial charge in [-0.2, -0.15) is 0 Å². The largest absolute Gasteiger partial charge is 0.480 e. The van der Waals surface area contributed by atoms with Gasteiger partial charge in [-0.1, -0.05) is 49.1 Å². The summed E-state index contributed by atoms with van der Waals surface area (Å²) in [6.45, 7) is 6.44. The zero-order chi connectivity index (χ0) is 23.4. The van der Waals surface area contributed by atoms with Gasteiger partial charge in [-0.25, -0.2) is 4.79 Å². The number of thiocarbonyl (C=S) groups is 1. The Kier molecular flexibility index (Phi) is 8.02. The van der Waals surface area contributed by atoms with Gasteiger partial charge in [0.25, 0.3) is 5.91 Å². The van der Waals surface area contributed by atoms with E-state index in [1.807, 2.05) is 19.1 Å². The van der Waals surface area contributed by atoms with Crippen molar-refractivity contribution in [2.45, 2.75) is 38.5 Å². The number of hydrogen-bond acceptors (Lipinski definition) is 8. The van der Waals surface area contributed by atoms with E-state index in [0.717, 1.165) is 57.2 Å². The minimum atomic E-state index is -1.11. The lowest BCUT2D eigenvalue weighted by Gasteiger charge is -2.22. The van der Waals surface area contributed by atoms with Gasteiger partial charge in [-0.05, 0) is 50.1 Å². The topological polar surface area (TPSA) is 87.2 Å². The summed E-state index contributed by atoms with van der Waals surface area (Å²) in [5.74, 6) is -1.86. The summed E-state index contributed by atoms with van der Waals surface area (Å²) < 4.78 is 5.38. The Balaban J connectivity index is 1.95. The molecule has 7 nitrogen and oxygen atoms in total. The fraction of sp³-hybridized carbons (Fsp3) is 0.364. The van der Waals surface area contributed by atoms with Gasteiger partial charge in [0, 0.05) is 11.4 Å². The van der Waals surface area contributed by atoms with Gasteiger partial charge >= 0.3 is 11.9 Å². The number of rotatable bonds is 8. The van der Waals surface area contributed by atoms with Crippen molar-refractivity contribution in [2.24, 2.45) is 0 Å². The molecule has 0 aromatic heterocycles. The monoisotopic (exact) mass is 492 g/mol. The molecule has 0 aliphatic carbocycles. The number of anilines is 1. The molecule has 3 rings (SSSR count). The first kappa shape index (κ1) is 24.3. The lowest BCUT2D eigenvalue weighted by Crippen LogP contribution is -2.33. The Morgan fingerprint density at radius 2 is 1.97 bits per heavy atom. The number of unbranched alkanes of at least 4 members (excludes halogenated alkanes) is 1. The van der Waals surface area contributed by atoms with Crippen LogP contribution in [-0.4, -0.2) is 51.9 Å². The second-order valence-electron chi connectivity index (χ2n) is 7.16. The molecule has 2 heterocycles. The van der Waals surface area contributed by atoms with Crippen molar-refractivity contribution in [2.75, 3.05) is 24.6 Å². The molecule has 1 amide bonds. The number of benzene rings is 1. The Bertz CT molecular complexity index is 1030. The second kappa shape index (κ2) is 10.5. The molecule has 2 aliphatic heterocycles. The van der Waals surface area contributed by atoms with E-state index in [2.05, 4.69) is 11.8 Å². The third kappa shape index (κ3) is 5.19. The number of allylic oxidation sites excluding steroid dienone is 2. The molecule has 32 heavy (non-hydrogen) atoms. The third-order valence-electron chi connectivity index (χ3n) is 4.80. The lowest BCUT2D eigenvalue weighted by atomic mass is 10.1. The zero-order valence-electron chi connectivity index (χ0n) is 18.0. The summed E-state index contributed by atoms with van der Waals surface area (Å²) >= 11 is 7.88. The highest BCUT2D eigenvalue weighted by Crippen LogP contribution is 2.48. The smallest absolute Gasteiger partial charge is 0.338 e. The Labute approximate surface area is 200 Å². The zero-order valence-corrected chi connectivity index (χ0v) is 20.5. The van der Waals surface area contributed by atoms with Crippen LogP contribution >= 0.6 is 35.7 Å². The highest BCUT2D eigenvalue weighted by atomic mass is 32.2. The maximum atomic E-state index is 12.6. The molecule has 0 saturated carbocycles. The van der Waals surface area contributed by atoms with Crippen LogP contribution in [0.5, 0.6) is 0 Å². The van der Waals surface area contributed by atoms with Gasteiger partial charge in [-0.15, -0.1) is 0 Å². The van der Waals surface area contributed by atoms with Crippen LogP contribution in [0.25, 0.3) is 0 Å². The lowest BCUT2D eigenvalue weighted by molar-refractivity contribution is -0.140. The summed E-state index contributed by atoms with van der Waals surface area (Å²) in [5.41, 5.74) is 2.31. The molecule has 2 aliphatic rings. The van der Waals surface area contributed by atoms with Crippen molar-refractivity contribution >= 4 is 63.6 Å². The molecule has 0 bridgehead atoms. The molecule has 1 N–H and O–H groups in total. The standard InChI is InChI=1S/C22H24N2O5S3/c1-4-6-9-23-15-11-14(21(28)29-5-2)7-8-16(15)31-20(23)13(3)10-17-19(27)24(12-18(25)26)22(30)32-17/h7-8,10-11H,4-6,9,12H2,1-3H3,(H,25,26). The summed E-state index contributed by atoms with van der Waals surface area (Å²) in [6, 6.07) is 5.53. The average molecular weight is 493 g/mol. The molecule has 0 spiro atoms. The number of aliphatic carboxylic acids is 1. The van der Waals surface area contributed by atoms with Crippen LogP contribution in [0.2, 0.25) is 0 Å². The van der Waals surface area contributed by atoms with E-state index in [1.54, 1.807) is 30.8 Å². The number of carbonyl (C=O) groups is 3. The number of carbonyl (C=O) groups excluding carboxylic acids is 2. The number of thioether (sulfide) groups is 2. The van der Waals surface area contributed by atoms with Crippen LogP contribution in [0.1, 0.15) is 44.0 Å². The Hall–Kier alpha value is -2.30. The van der Waals surface area contributed by atoms with Crippen LogP contribution in [-0.2, 0) is 14.3 Å². The number of carboxylic acids is 1. The van der Waals surface area contributed by atoms with Gasteiger partial charge in [0.05, 0.1) is 27.8 Å². The maximum absolute atomic E-state index is 12.6. The van der Waals surface area contributed by atoms with Gasteiger partial charge in [0.2, 0.25) is 0 Å². The Morgan fingerprint density at radius 3 is 2.62 bits per heavy atom. The first-order valence-corrected chi connectivity index (χ1v) is 12.3. The molecule has 1 fully saturated rings. The third-order valence-corrected chi connectivity index (χ3v) is 7.48. The Morgan fingerprint density at radius 1 is 1.22 bits per heavy atom. The summed E-state index contributed by atoms with van der Waals surface area (Å²) in [5, 5.41) is 10.00. The van der Waals surface area contributed by atoms with E-state index in [9.17, 15) is 14.4 Å². The molecule has 0 unspecified atom stereocenters. The number of carboxylic acid groups (broad SMARTS) is 1. The van der Waals surface area contributed by atoms with Crippen LogP contribution in [0.15, 0.2) is 44.7 Å². The molecular weight excluding hydrogens is 468 g/mol. The highest BCUT2D eigenvalue weighted by Gasteiger charge is 2.34. The van der Waals surface area contributed by atoms with Crippen molar-refractivity contribution in [1.29, 1.82) is 0 Å². The van der Waals surface area contributed by atoms with Crippen LogP contribution < -0.4 is 4.90 Å². The van der Waals surface area contributed by atoms with Gasteiger partial charge in [0.15, 0.2) is 0 Å². The van der Waals surface area contributed by atoms with Crippen LogP contribution in [0, 0.1) is 0 Å². The van der Waals surface area contributed by atoms with E-state index < -0.39 is 18.4 Å². The number of fused-ring (bicyclic) bond motifs is 1. The number of nitrogens with zero attached hydrogens (tertiary/aromatic N) is 2. The quantitative estimate of drug-likeness (QED) is 0.317. The predicted octanol–water partition coefficient (Wildman–Crippen LogP) is 4.64. The number of hydrogen-bond donors (Lipinski definition) is 1. The van der Waals surface area contributed by atoms with Crippen molar-refractivity contribution in [3.63, 3.8) is 0 Å². The molecule has 0 atom stereocenters. The van der Waals surface area contributed by atoms with Crippen molar-refractivity contribution in [3.05, 3.63) is 45.3 Å². The SMILES string of the molecule is CCCCN1C(=C(C)C=C2SC(=S)N(CC(=O)O)C2=O)Sc2ccc(C(=O)OCC)cc21. The van der Waals surface area contributed by atoms with Crippen molar-refractivity contribution in [3.8, 4) is 0 Å². The van der Waals surface area contributed by atoms with E-state index in [4.69, 9.17) is 22.1 Å². The molecule has 0 radical (unpaired) electrons. The molecule has 1 aromatic carbocycles. The predicted molar refractivity (Wildman–Crippen MR) is 131 cm³/mol. The summed E-state index contributed by atoms with van der Waals surface area (Å²) in [7, 11) is 0. The minimum Gasteiger partial charge on any atom is -0.480 e. The highest BCUT2D eigenvalue weighted by molar-refractivity contribution is 8.26. The van der Waals surface area contributed by atoms with Crippen molar-refractivity contribution < 1.29 is 24.2 Å². The van der Waals surface area contributed by atoms with Gasteiger partial charge < -0.3 is 14.7 Å². The number of amides is 1. The normalized spacial score (nSPS) is 18.4. The fourth-order valence-corrected chi connectivity index (χ4v) is 5.72. The average Bonchev–Trinajstić information content (AvgIpc) is 3.24. The molecule has 170 valence electrons. The molecule has 1 saturated heterocycles. The molecule has 10 heteroatoms. The first-order valence-electron chi connectivity index (χ1n) is 10.2. The van der Waals surface area contributed by atoms with Crippen molar-refractivity contribution in [1.82, 2.24) is 4.90 Å². The van der Waals surface area contributed by atoms with E-state index >= 15 is 0 Å². The molecular formula is C22H24N2O5S3. The minimum absolute atomic E-state index is 0.241. The van der Waals surface area contributed by atoms with Crippen LogP contribution in [0.3, 0.4) is 0 Å². The first-order chi connectivity index (χ1) is 15.3. The van der Waals surface area contributed by atoms with Gasteiger partial charge in [-0.3, -0.25) is 14.5 Å². The van der Waals surface area contributed by atoms with E-state index in [1.165, 1.54) is 0 Å². The number of ether oxygens (including phenoxy) is 1.